The number of nitrogen functional groups attached to an aromatic ring is 1. The van der Waals surface area contributed by atoms with Crippen molar-refractivity contribution in [1.29, 1.82) is 0 Å². The second-order valence-corrected chi connectivity index (χ2v) is 3.00. The second-order valence-electron chi connectivity index (χ2n) is 3.00. The summed E-state index contributed by atoms with van der Waals surface area (Å²) in [5, 5.41) is 1.13. The summed E-state index contributed by atoms with van der Waals surface area (Å²) in [6.07, 6.45) is 0. The number of hydrogen-bond donors (Lipinski definition) is 2. The van der Waals surface area contributed by atoms with Crippen LogP contribution in [0.15, 0.2) is 30.3 Å². The Hall–Kier alpha value is -1.32. The maximum Gasteiger partial charge on any atom is 0.0726 e. The first-order valence-electron chi connectivity index (χ1n) is 4.13. The molecular formula is C10H12ClN3. The molecule has 0 radical (unpaired) electrons. The molecule has 0 fully saturated rings. The van der Waals surface area contributed by atoms with Gasteiger partial charge in [-0.2, -0.15) is 0 Å². The lowest BCUT2D eigenvalue weighted by Crippen LogP contribution is -2.06. The molecule has 2 aromatic rings. The quantitative estimate of drug-likeness (QED) is 0.560. The van der Waals surface area contributed by atoms with E-state index in [4.69, 9.17) is 5.84 Å². The number of aryl methyl sites for hydroxylation is 1. The number of fused-ring (bicyclic) bond motifs is 1. The molecule has 0 spiro atoms. The van der Waals surface area contributed by atoms with Gasteiger partial charge in [-0.15, -0.1) is 12.4 Å². The van der Waals surface area contributed by atoms with Crippen LogP contribution in [0.1, 0.15) is 5.69 Å². The van der Waals surface area contributed by atoms with Gasteiger partial charge in [0.2, 0.25) is 0 Å². The van der Waals surface area contributed by atoms with Gasteiger partial charge in [-0.3, -0.25) is 10.8 Å². The van der Waals surface area contributed by atoms with Crippen LogP contribution in [0.3, 0.4) is 0 Å². The van der Waals surface area contributed by atoms with Crippen LogP contribution in [0.25, 0.3) is 10.9 Å². The number of benzene rings is 1. The van der Waals surface area contributed by atoms with Crippen LogP contribution < -0.4 is 11.3 Å². The maximum atomic E-state index is 5.30. The van der Waals surface area contributed by atoms with Gasteiger partial charge in [-0.1, -0.05) is 12.1 Å². The number of nitrogens with one attached hydrogen (secondary N) is 1. The van der Waals surface area contributed by atoms with E-state index in [-0.39, 0.29) is 12.4 Å². The molecule has 0 saturated heterocycles. The molecule has 1 aromatic carbocycles. The SMILES string of the molecule is Cc1ccc2ccc(NN)cc2n1.Cl. The number of nitrogens with two attached hydrogens (primary N) is 1. The van der Waals surface area contributed by atoms with E-state index in [1.54, 1.807) is 0 Å². The number of anilines is 1. The molecule has 3 N–H and O–H groups in total. The van der Waals surface area contributed by atoms with Crippen molar-refractivity contribution in [2.24, 2.45) is 5.84 Å². The van der Waals surface area contributed by atoms with Crippen LogP contribution >= 0.6 is 12.4 Å². The lowest BCUT2D eigenvalue weighted by atomic mass is 10.2. The van der Waals surface area contributed by atoms with E-state index >= 15 is 0 Å². The summed E-state index contributed by atoms with van der Waals surface area (Å²) in [7, 11) is 0. The Bertz CT molecular complexity index is 442. The van der Waals surface area contributed by atoms with Crippen molar-refractivity contribution in [1.82, 2.24) is 4.98 Å². The van der Waals surface area contributed by atoms with E-state index in [9.17, 15) is 0 Å². The smallest absolute Gasteiger partial charge is 0.0726 e. The minimum atomic E-state index is 0. The van der Waals surface area contributed by atoms with Crippen LogP contribution in [0, 0.1) is 6.92 Å². The molecule has 3 nitrogen and oxygen atoms in total. The third kappa shape index (κ3) is 1.95. The van der Waals surface area contributed by atoms with Crippen molar-refractivity contribution in [2.75, 3.05) is 5.43 Å². The highest BCUT2D eigenvalue weighted by atomic mass is 35.5. The third-order valence-corrected chi connectivity index (χ3v) is 2.00. The molecule has 0 amide bonds. The maximum absolute atomic E-state index is 5.30. The molecule has 0 aliphatic carbocycles. The van der Waals surface area contributed by atoms with Crippen molar-refractivity contribution in [3.05, 3.63) is 36.0 Å². The van der Waals surface area contributed by atoms with Gasteiger partial charge in [0.25, 0.3) is 0 Å². The lowest BCUT2D eigenvalue weighted by molar-refractivity contribution is 1.25. The normalized spacial score (nSPS) is 9.57. The molecule has 74 valence electrons. The zero-order valence-corrected chi connectivity index (χ0v) is 8.64. The summed E-state index contributed by atoms with van der Waals surface area (Å²) in [6, 6.07) is 9.91. The molecule has 0 bridgehead atoms. The second kappa shape index (κ2) is 4.26. The first kappa shape index (κ1) is 10.8. The van der Waals surface area contributed by atoms with Gasteiger partial charge in [0.15, 0.2) is 0 Å². The standard InChI is InChI=1S/C10H11N3.ClH/c1-7-2-3-8-4-5-9(13-11)6-10(8)12-7;/h2-6,13H,11H2,1H3;1H. The molecule has 0 unspecified atom stereocenters. The fraction of sp³-hybridized carbons (Fsp3) is 0.100. The zero-order chi connectivity index (χ0) is 9.26. The van der Waals surface area contributed by atoms with Crippen LogP contribution in [0.5, 0.6) is 0 Å². The number of halogens is 1. The fourth-order valence-corrected chi connectivity index (χ4v) is 1.31. The van der Waals surface area contributed by atoms with Gasteiger partial charge < -0.3 is 5.43 Å². The average molecular weight is 210 g/mol. The van der Waals surface area contributed by atoms with Crippen LogP contribution in [-0.2, 0) is 0 Å². The van der Waals surface area contributed by atoms with E-state index in [0.717, 1.165) is 22.3 Å². The minimum absolute atomic E-state index is 0. The first-order chi connectivity index (χ1) is 6.29. The number of rotatable bonds is 1. The van der Waals surface area contributed by atoms with Gasteiger partial charge in [0.05, 0.1) is 11.2 Å². The number of pyridine rings is 1. The lowest BCUT2D eigenvalue weighted by Gasteiger charge is -2.02. The highest BCUT2D eigenvalue weighted by Gasteiger charge is 1.96. The molecule has 1 heterocycles. The minimum Gasteiger partial charge on any atom is -0.324 e. The highest BCUT2D eigenvalue weighted by Crippen LogP contribution is 2.16. The number of hydrazine groups is 1. The van der Waals surface area contributed by atoms with Gasteiger partial charge in [-0.25, -0.2) is 0 Å². The molecule has 1 aromatic heterocycles. The monoisotopic (exact) mass is 209 g/mol. The van der Waals surface area contributed by atoms with Gasteiger partial charge in [0.1, 0.15) is 0 Å². The summed E-state index contributed by atoms with van der Waals surface area (Å²) >= 11 is 0. The van der Waals surface area contributed by atoms with E-state index in [2.05, 4.69) is 16.5 Å². The molecule has 0 atom stereocenters. The summed E-state index contributed by atoms with van der Waals surface area (Å²) in [4.78, 5) is 4.39. The predicted molar refractivity (Wildman–Crippen MR) is 61.5 cm³/mol. The van der Waals surface area contributed by atoms with Crippen molar-refractivity contribution < 1.29 is 0 Å². The Kier molecular flexibility index (Phi) is 3.28. The summed E-state index contributed by atoms with van der Waals surface area (Å²) < 4.78 is 0. The Morgan fingerprint density at radius 2 is 1.93 bits per heavy atom. The summed E-state index contributed by atoms with van der Waals surface area (Å²) in [5.41, 5.74) is 5.46. The number of nitrogens with zero attached hydrogens (tertiary/aromatic N) is 1. The van der Waals surface area contributed by atoms with E-state index in [1.807, 2.05) is 31.2 Å². The summed E-state index contributed by atoms with van der Waals surface area (Å²) in [6.45, 7) is 1.97. The molecule has 0 aliphatic heterocycles. The van der Waals surface area contributed by atoms with Crippen LogP contribution in [0.4, 0.5) is 5.69 Å². The van der Waals surface area contributed by atoms with Crippen molar-refractivity contribution in [2.45, 2.75) is 6.92 Å². The zero-order valence-electron chi connectivity index (χ0n) is 7.82. The Balaban J connectivity index is 0.000000980. The van der Waals surface area contributed by atoms with E-state index in [1.165, 1.54) is 0 Å². The number of aromatic nitrogens is 1. The predicted octanol–water partition coefficient (Wildman–Crippen LogP) is 2.25. The van der Waals surface area contributed by atoms with Crippen LogP contribution in [0.2, 0.25) is 0 Å². The van der Waals surface area contributed by atoms with Crippen molar-refractivity contribution in [3.63, 3.8) is 0 Å². The fourth-order valence-electron chi connectivity index (χ4n) is 1.31. The van der Waals surface area contributed by atoms with E-state index < -0.39 is 0 Å². The van der Waals surface area contributed by atoms with Crippen LogP contribution in [-0.4, -0.2) is 4.98 Å². The van der Waals surface area contributed by atoms with Gasteiger partial charge in [-0.05, 0) is 25.1 Å². The van der Waals surface area contributed by atoms with E-state index in [0.29, 0.717) is 0 Å². The molecule has 4 heteroatoms. The van der Waals surface area contributed by atoms with Gasteiger partial charge >= 0.3 is 0 Å². The average Bonchev–Trinajstić information content (AvgIpc) is 2.16. The van der Waals surface area contributed by atoms with Crippen molar-refractivity contribution in [3.8, 4) is 0 Å². The highest BCUT2D eigenvalue weighted by molar-refractivity contribution is 5.85. The van der Waals surface area contributed by atoms with Crippen molar-refractivity contribution >= 4 is 29.0 Å². The van der Waals surface area contributed by atoms with Gasteiger partial charge in [0, 0.05) is 11.1 Å². The molecular weight excluding hydrogens is 198 g/mol. The first-order valence-corrected chi connectivity index (χ1v) is 4.13. The Morgan fingerprint density at radius 1 is 1.21 bits per heavy atom. The Morgan fingerprint density at radius 3 is 2.64 bits per heavy atom. The largest absolute Gasteiger partial charge is 0.324 e. The Labute approximate surface area is 88.7 Å². The molecule has 0 saturated carbocycles. The number of hydrogen-bond acceptors (Lipinski definition) is 3. The molecule has 2 rings (SSSR count). The summed E-state index contributed by atoms with van der Waals surface area (Å²) in [5.74, 6) is 5.30. The molecule has 14 heavy (non-hydrogen) atoms. The topological polar surface area (TPSA) is 50.9 Å². The molecule has 0 aliphatic rings. The third-order valence-electron chi connectivity index (χ3n) is 2.00.